The number of hydrogen-bond acceptors (Lipinski definition) is 1. The predicted octanol–water partition coefficient (Wildman–Crippen LogP) is 3.41. The summed E-state index contributed by atoms with van der Waals surface area (Å²) in [5.74, 6) is 0.734. The highest BCUT2D eigenvalue weighted by Crippen LogP contribution is 2.47. The maximum atomic E-state index is 3.84. The predicted molar refractivity (Wildman–Crippen MR) is 67.9 cm³/mol. The van der Waals surface area contributed by atoms with Crippen LogP contribution in [0.1, 0.15) is 26.7 Å². The van der Waals surface area contributed by atoms with E-state index in [4.69, 9.17) is 0 Å². The fraction of sp³-hybridized carbons (Fsp3) is 0.571. The summed E-state index contributed by atoms with van der Waals surface area (Å²) in [6, 6.07) is 0. The smallest absolute Gasteiger partial charge is 0.0236 e. The van der Waals surface area contributed by atoms with Crippen molar-refractivity contribution >= 4 is 0 Å². The summed E-state index contributed by atoms with van der Waals surface area (Å²) in [4.78, 5) is 2.47. The molecule has 0 bridgehead atoms. The van der Waals surface area contributed by atoms with Gasteiger partial charge in [-0.05, 0) is 31.4 Å². The third-order valence-electron chi connectivity index (χ3n) is 3.61. The van der Waals surface area contributed by atoms with Gasteiger partial charge in [-0.3, -0.25) is 4.90 Å². The number of likely N-dealkylation sites (N-methyl/N-ethyl adjacent to an activating group) is 1. The van der Waals surface area contributed by atoms with Crippen LogP contribution in [0.4, 0.5) is 0 Å². The van der Waals surface area contributed by atoms with E-state index in [-0.39, 0.29) is 0 Å². The van der Waals surface area contributed by atoms with E-state index in [1.807, 2.05) is 18.2 Å². The average molecular weight is 205 g/mol. The third-order valence-corrected chi connectivity index (χ3v) is 3.61. The second-order valence-corrected chi connectivity index (χ2v) is 4.80. The Morgan fingerprint density at radius 3 is 2.33 bits per heavy atom. The van der Waals surface area contributed by atoms with Gasteiger partial charge in [0.15, 0.2) is 0 Å². The van der Waals surface area contributed by atoms with Crippen LogP contribution in [0.25, 0.3) is 0 Å². The first-order valence-corrected chi connectivity index (χ1v) is 5.72. The molecular formula is C14H23N. The highest BCUT2D eigenvalue weighted by atomic mass is 15.2. The minimum absolute atomic E-state index is 0.448. The Balaban J connectivity index is 2.62. The zero-order valence-electron chi connectivity index (χ0n) is 10.3. The lowest BCUT2D eigenvalue weighted by Gasteiger charge is -2.31. The van der Waals surface area contributed by atoms with Gasteiger partial charge in [-0.1, -0.05) is 45.2 Å². The minimum atomic E-state index is 0.448. The topological polar surface area (TPSA) is 3.24 Å². The summed E-state index contributed by atoms with van der Waals surface area (Å²) in [5, 5.41) is 0. The van der Waals surface area contributed by atoms with Crippen molar-refractivity contribution in [3.8, 4) is 0 Å². The summed E-state index contributed by atoms with van der Waals surface area (Å²) in [5.41, 5.74) is 1.70. The SMILES string of the molecule is C=C/C=C(\C=C)CN(C)C1(C(C)C)CC1. The van der Waals surface area contributed by atoms with Crippen LogP contribution in [0.3, 0.4) is 0 Å². The van der Waals surface area contributed by atoms with Crippen molar-refractivity contribution in [2.45, 2.75) is 32.2 Å². The van der Waals surface area contributed by atoms with Crippen molar-refractivity contribution in [3.63, 3.8) is 0 Å². The molecule has 1 aliphatic carbocycles. The standard InChI is InChI=1S/C14H23N/c1-6-8-13(7-2)11-15(5)14(9-10-14)12(3)4/h6-8,12H,1-2,9-11H2,3-5H3/b13-8+. The fourth-order valence-corrected chi connectivity index (χ4v) is 2.30. The van der Waals surface area contributed by atoms with E-state index in [0.29, 0.717) is 5.54 Å². The molecular weight excluding hydrogens is 182 g/mol. The van der Waals surface area contributed by atoms with E-state index in [2.05, 4.69) is 39.0 Å². The van der Waals surface area contributed by atoms with Gasteiger partial charge in [0.2, 0.25) is 0 Å². The number of allylic oxidation sites excluding steroid dienone is 2. The Hall–Kier alpha value is -0.820. The lowest BCUT2D eigenvalue weighted by Crippen LogP contribution is -2.39. The summed E-state index contributed by atoms with van der Waals surface area (Å²) in [6.07, 6.45) is 8.47. The normalized spacial score (nSPS) is 19.4. The van der Waals surface area contributed by atoms with Gasteiger partial charge in [0, 0.05) is 12.1 Å². The molecule has 0 radical (unpaired) electrons. The van der Waals surface area contributed by atoms with Gasteiger partial charge >= 0.3 is 0 Å². The van der Waals surface area contributed by atoms with Crippen molar-refractivity contribution in [2.75, 3.05) is 13.6 Å². The van der Waals surface area contributed by atoms with Gasteiger partial charge in [0.1, 0.15) is 0 Å². The second kappa shape index (κ2) is 4.80. The molecule has 1 nitrogen and oxygen atoms in total. The summed E-state index contributed by atoms with van der Waals surface area (Å²) in [6.45, 7) is 13.2. The van der Waals surface area contributed by atoms with Crippen LogP contribution < -0.4 is 0 Å². The summed E-state index contributed by atoms with van der Waals surface area (Å²) >= 11 is 0. The monoisotopic (exact) mass is 205 g/mol. The van der Waals surface area contributed by atoms with Crippen molar-refractivity contribution in [2.24, 2.45) is 5.92 Å². The Bertz CT molecular complexity index is 269. The molecule has 84 valence electrons. The van der Waals surface area contributed by atoms with Crippen LogP contribution >= 0.6 is 0 Å². The molecule has 1 aliphatic rings. The quantitative estimate of drug-likeness (QED) is 0.601. The number of hydrogen-bond donors (Lipinski definition) is 0. The zero-order valence-corrected chi connectivity index (χ0v) is 10.3. The average Bonchev–Trinajstić information content (AvgIpc) is 2.97. The molecule has 0 amide bonds. The zero-order chi connectivity index (χ0) is 11.5. The van der Waals surface area contributed by atoms with E-state index in [9.17, 15) is 0 Å². The third kappa shape index (κ3) is 2.60. The van der Waals surface area contributed by atoms with Crippen LogP contribution in [0.5, 0.6) is 0 Å². The molecule has 1 saturated carbocycles. The van der Waals surface area contributed by atoms with Crippen LogP contribution in [-0.2, 0) is 0 Å². The molecule has 0 aromatic heterocycles. The molecule has 0 aromatic carbocycles. The van der Waals surface area contributed by atoms with Crippen LogP contribution in [-0.4, -0.2) is 24.0 Å². The van der Waals surface area contributed by atoms with Gasteiger partial charge in [0.25, 0.3) is 0 Å². The molecule has 0 heterocycles. The van der Waals surface area contributed by atoms with Gasteiger partial charge < -0.3 is 0 Å². The highest BCUT2D eigenvalue weighted by Gasteiger charge is 2.48. The van der Waals surface area contributed by atoms with Crippen molar-refractivity contribution in [1.82, 2.24) is 4.90 Å². The summed E-state index contributed by atoms with van der Waals surface area (Å²) < 4.78 is 0. The first-order chi connectivity index (χ1) is 7.06. The largest absolute Gasteiger partial charge is 0.296 e. The van der Waals surface area contributed by atoms with Crippen LogP contribution in [0.15, 0.2) is 37.0 Å². The maximum Gasteiger partial charge on any atom is 0.0236 e. The van der Waals surface area contributed by atoms with Gasteiger partial charge in [-0.2, -0.15) is 0 Å². The Morgan fingerprint density at radius 1 is 1.40 bits per heavy atom. The molecule has 0 aliphatic heterocycles. The second-order valence-electron chi connectivity index (χ2n) is 4.80. The Labute approximate surface area is 94.2 Å². The molecule has 0 N–H and O–H groups in total. The molecule has 0 aromatic rings. The van der Waals surface area contributed by atoms with Gasteiger partial charge in [-0.15, -0.1) is 0 Å². The van der Waals surface area contributed by atoms with Crippen molar-refractivity contribution in [1.29, 1.82) is 0 Å². The molecule has 0 saturated heterocycles. The molecule has 1 heteroatoms. The fourth-order valence-electron chi connectivity index (χ4n) is 2.30. The van der Waals surface area contributed by atoms with E-state index in [0.717, 1.165) is 12.5 Å². The minimum Gasteiger partial charge on any atom is -0.296 e. The van der Waals surface area contributed by atoms with E-state index >= 15 is 0 Å². The molecule has 0 unspecified atom stereocenters. The first-order valence-electron chi connectivity index (χ1n) is 5.72. The van der Waals surface area contributed by atoms with Crippen LogP contribution in [0, 0.1) is 5.92 Å². The van der Waals surface area contributed by atoms with Crippen molar-refractivity contribution in [3.05, 3.63) is 37.0 Å². The summed E-state index contributed by atoms with van der Waals surface area (Å²) in [7, 11) is 2.22. The van der Waals surface area contributed by atoms with Gasteiger partial charge in [-0.25, -0.2) is 0 Å². The van der Waals surface area contributed by atoms with Gasteiger partial charge in [0.05, 0.1) is 0 Å². The lowest BCUT2D eigenvalue weighted by molar-refractivity contribution is 0.184. The van der Waals surface area contributed by atoms with E-state index in [1.54, 1.807) is 0 Å². The first kappa shape index (κ1) is 12.3. The Kier molecular flexibility index (Phi) is 3.92. The Morgan fingerprint density at radius 2 is 2.00 bits per heavy atom. The highest BCUT2D eigenvalue weighted by molar-refractivity contribution is 5.24. The van der Waals surface area contributed by atoms with Crippen molar-refractivity contribution < 1.29 is 0 Å². The molecule has 1 fully saturated rings. The number of rotatable bonds is 6. The molecule has 0 spiro atoms. The molecule has 0 atom stereocenters. The van der Waals surface area contributed by atoms with E-state index < -0.39 is 0 Å². The van der Waals surface area contributed by atoms with E-state index in [1.165, 1.54) is 18.4 Å². The van der Waals surface area contributed by atoms with Crippen LogP contribution in [0.2, 0.25) is 0 Å². The molecule has 15 heavy (non-hydrogen) atoms. The maximum absolute atomic E-state index is 3.84. The number of nitrogens with zero attached hydrogens (tertiary/aromatic N) is 1. The lowest BCUT2D eigenvalue weighted by atomic mass is 9.99. The molecule has 1 rings (SSSR count).